The monoisotopic (exact) mass is 409 g/mol. The zero-order chi connectivity index (χ0) is 21.7. The van der Waals surface area contributed by atoms with Crippen molar-refractivity contribution in [2.75, 3.05) is 25.0 Å². The molecule has 0 bridgehead atoms. The number of anilines is 1. The molecule has 1 N–H and O–H groups in total. The summed E-state index contributed by atoms with van der Waals surface area (Å²) in [6.45, 7) is 5.96. The number of non-ortho nitro benzene ring substituents is 1. The molecule has 0 atom stereocenters. The summed E-state index contributed by atoms with van der Waals surface area (Å²) < 4.78 is 0. The van der Waals surface area contributed by atoms with Crippen molar-refractivity contribution < 1.29 is 14.5 Å². The third-order valence-electron chi connectivity index (χ3n) is 5.64. The van der Waals surface area contributed by atoms with Gasteiger partial charge in [-0.25, -0.2) is 0 Å². The van der Waals surface area contributed by atoms with Crippen LogP contribution in [0.5, 0.6) is 0 Å². The number of hydrogen-bond acceptors (Lipinski definition) is 5. The van der Waals surface area contributed by atoms with Crippen molar-refractivity contribution in [3.63, 3.8) is 0 Å². The number of nitro groups is 1. The predicted molar refractivity (Wildman–Crippen MR) is 116 cm³/mol. The average Bonchev–Trinajstić information content (AvgIpc) is 2.74. The van der Waals surface area contributed by atoms with Gasteiger partial charge in [0, 0.05) is 42.3 Å². The van der Waals surface area contributed by atoms with Crippen LogP contribution in [-0.2, 0) is 4.79 Å². The molecule has 2 aromatic carbocycles. The fourth-order valence-electron chi connectivity index (χ4n) is 3.75. The summed E-state index contributed by atoms with van der Waals surface area (Å²) in [6, 6.07) is 12.1. The molecule has 0 saturated carbocycles. The molecule has 1 amide bonds. The summed E-state index contributed by atoms with van der Waals surface area (Å²) in [4.78, 5) is 37.5. The van der Waals surface area contributed by atoms with E-state index in [9.17, 15) is 19.7 Å². The lowest BCUT2D eigenvalue weighted by atomic mass is 9.88. The van der Waals surface area contributed by atoms with Gasteiger partial charge in [-0.1, -0.05) is 29.8 Å². The SMILES string of the molecule is Cc1ccc(C(=O)C2CCN(CCC(=O)Nc3ccc([N+](=O)[O-])cc3C)CC2)cc1. The number of Topliss-reactive ketones (excluding diaryl/α,β-unsaturated/α-hetero) is 1. The Morgan fingerprint density at radius 2 is 1.77 bits per heavy atom. The van der Waals surface area contributed by atoms with E-state index in [1.54, 1.807) is 13.0 Å². The van der Waals surface area contributed by atoms with Crippen LogP contribution in [0, 0.1) is 29.9 Å². The van der Waals surface area contributed by atoms with E-state index < -0.39 is 4.92 Å². The number of ketones is 1. The summed E-state index contributed by atoms with van der Waals surface area (Å²) in [7, 11) is 0. The topological polar surface area (TPSA) is 92.6 Å². The van der Waals surface area contributed by atoms with Crippen LogP contribution in [0.2, 0.25) is 0 Å². The lowest BCUT2D eigenvalue weighted by molar-refractivity contribution is -0.384. The number of nitrogens with one attached hydrogen (secondary N) is 1. The van der Waals surface area contributed by atoms with Gasteiger partial charge >= 0.3 is 0 Å². The second-order valence-corrected chi connectivity index (χ2v) is 7.90. The minimum absolute atomic E-state index is 0.00792. The van der Waals surface area contributed by atoms with Crippen LogP contribution in [0.3, 0.4) is 0 Å². The van der Waals surface area contributed by atoms with E-state index in [0.29, 0.717) is 24.2 Å². The van der Waals surface area contributed by atoms with Crippen LogP contribution in [0.1, 0.15) is 40.7 Å². The first-order valence-electron chi connectivity index (χ1n) is 10.2. The van der Waals surface area contributed by atoms with Crippen LogP contribution in [0.4, 0.5) is 11.4 Å². The van der Waals surface area contributed by atoms with Gasteiger partial charge < -0.3 is 10.2 Å². The maximum atomic E-state index is 12.7. The number of rotatable bonds is 7. The van der Waals surface area contributed by atoms with Gasteiger partial charge in [0.1, 0.15) is 0 Å². The second kappa shape index (κ2) is 9.63. The number of carbonyl (C=O) groups is 2. The highest BCUT2D eigenvalue weighted by atomic mass is 16.6. The minimum atomic E-state index is -0.453. The first-order valence-corrected chi connectivity index (χ1v) is 10.2. The molecule has 0 aromatic heterocycles. The first kappa shape index (κ1) is 21.6. The van der Waals surface area contributed by atoms with E-state index in [1.165, 1.54) is 12.1 Å². The molecule has 2 aromatic rings. The standard InChI is InChI=1S/C23H27N3O4/c1-16-3-5-18(6-4-16)23(28)19-9-12-25(13-10-19)14-11-22(27)24-21-8-7-20(26(29)30)15-17(21)2/h3-8,15,19H,9-14H2,1-2H3,(H,24,27). The first-order chi connectivity index (χ1) is 14.3. The number of likely N-dealkylation sites (tertiary alicyclic amines) is 1. The molecule has 0 aliphatic carbocycles. The predicted octanol–water partition coefficient (Wildman–Crippen LogP) is 4.14. The lowest BCUT2D eigenvalue weighted by Crippen LogP contribution is -2.38. The molecule has 1 fully saturated rings. The Hall–Kier alpha value is -3.06. The molecule has 7 nitrogen and oxygen atoms in total. The molecular formula is C23H27N3O4. The number of benzene rings is 2. The summed E-state index contributed by atoms with van der Waals surface area (Å²) >= 11 is 0. The van der Waals surface area contributed by atoms with E-state index in [4.69, 9.17) is 0 Å². The number of piperidine rings is 1. The van der Waals surface area contributed by atoms with Crippen molar-refractivity contribution in [1.82, 2.24) is 4.90 Å². The normalized spacial score (nSPS) is 15.0. The molecule has 0 spiro atoms. The molecular weight excluding hydrogens is 382 g/mol. The maximum Gasteiger partial charge on any atom is 0.269 e. The van der Waals surface area contributed by atoms with E-state index in [0.717, 1.165) is 37.1 Å². The highest BCUT2D eigenvalue weighted by Gasteiger charge is 2.26. The van der Waals surface area contributed by atoms with E-state index in [-0.39, 0.29) is 23.3 Å². The molecule has 30 heavy (non-hydrogen) atoms. The van der Waals surface area contributed by atoms with Gasteiger partial charge in [-0.3, -0.25) is 19.7 Å². The molecule has 7 heteroatoms. The van der Waals surface area contributed by atoms with Crippen LogP contribution < -0.4 is 5.32 Å². The molecule has 0 unspecified atom stereocenters. The maximum absolute atomic E-state index is 12.7. The third-order valence-corrected chi connectivity index (χ3v) is 5.64. The third kappa shape index (κ3) is 5.51. The highest BCUT2D eigenvalue weighted by molar-refractivity contribution is 5.98. The van der Waals surface area contributed by atoms with Crippen LogP contribution >= 0.6 is 0 Å². The fourth-order valence-corrected chi connectivity index (χ4v) is 3.75. The van der Waals surface area contributed by atoms with Gasteiger partial charge in [-0.15, -0.1) is 0 Å². The Kier molecular flexibility index (Phi) is 6.95. The Morgan fingerprint density at radius 1 is 1.10 bits per heavy atom. The Labute approximate surface area is 176 Å². The summed E-state index contributed by atoms with van der Waals surface area (Å²) in [5.41, 5.74) is 3.18. The fraction of sp³-hybridized carbons (Fsp3) is 0.391. The Bertz CT molecular complexity index is 932. The molecule has 0 radical (unpaired) electrons. The van der Waals surface area contributed by atoms with Gasteiger partial charge in [-0.2, -0.15) is 0 Å². The molecule has 3 rings (SSSR count). The summed E-state index contributed by atoms with van der Waals surface area (Å²) in [5, 5.41) is 13.6. The number of hydrogen-bond donors (Lipinski definition) is 1. The summed E-state index contributed by atoms with van der Waals surface area (Å²) in [5.74, 6) is 0.131. The van der Waals surface area contributed by atoms with Gasteiger partial charge in [0.05, 0.1) is 4.92 Å². The van der Waals surface area contributed by atoms with E-state index in [1.807, 2.05) is 31.2 Å². The number of nitro benzene ring substituents is 1. The van der Waals surface area contributed by atoms with Crippen LogP contribution in [0.25, 0.3) is 0 Å². The molecule has 1 heterocycles. The van der Waals surface area contributed by atoms with Gasteiger partial charge in [0.15, 0.2) is 5.78 Å². The lowest BCUT2D eigenvalue weighted by Gasteiger charge is -2.31. The van der Waals surface area contributed by atoms with Crippen LogP contribution in [0.15, 0.2) is 42.5 Å². The van der Waals surface area contributed by atoms with Crippen molar-refractivity contribution >= 4 is 23.1 Å². The van der Waals surface area contributed by atoms with Crippen molar-refractivity contribution in [2.24, 2.45) is 5.92 Å². The molecule has 1 saturated heterocycles. The van der Waals surface area contributed by atoms with Crippen molar-refractivity contribution in [3.05, 3.63) is 69.3 Å². The molecule has 158 valence electrons. The number of amides is 1. The van der Waals surface area contributed by atoms with Gasteiger partial charge in [0.25, 0.3) is 5.69 Å². The number of aryl methyl sites for hydroxylation is 2. The van der Waals surface area contributed by atoms with Gasteiger partial charge in [0.2, 0.25) is 5.91 Å². The highest BCUT2D eigenvalue weighted by Crippen LogP contribution is 2.23. The second-order valence-electron chi connectivity index (χ2n) is 7.90. The minimum Gasteiger partial charge on any atom is -0.326 e. The Morgan fingerprint density at radius 3 is 2.37 bits per heavy atom. The Balaban J connectivity index is 1.44. The largest absolute Gasteiger partial charge is 0.326 e. The van der Waals surface area contributed by atoms with E-state index >= 15 is 0 Å². The average molecular weight is 409 g/mol. The number of carbonyl (C=O) groups excluding carboxylic acids is 2. The molecule has 1 aliphatic heterocycles. The van der Waals surface area contributed by atoms with Gasteiger partial charge in [-0.05, 0) is 51.4 Å². The smallest absolute Gasteiger partial charge is 0.269 e. The zero-order valence-corrected chi connectivity index (χ0v) is 17.4. The van der Waals surface area contributed by atoms with E-state index in [2.05, 4.69) is 10.2 Å². The summed E-state index contributed by atoms with van der Waals surface area (Å²) in [6.07, 6.45) is 1.94. The van der Waals surface area contributed by atoms with Crippen LogP contribution in [-0.4, -0.2) is 41.1 Å². The van der Waals surface area contributed by atoms with Crippen molar-refractivity contribution in [2.45, 2.75) is 33.1 Å². The zero-order valence-electron chi connectivity index (χ0n) is 17.4. The molecule has 1 aliphatic rings. The van der Waals surface area contributed by atoms with Crippen molar-refractivity contribution in [1.29, 1.82) is 0 Å². The van der Waals surface area contributed by atoms with Crippen molar-refractivity contribution in [3.8, 4) is 0 Å². The number of nitrogens with zero attached hydrogens (tertiary/aromatic N) is 2. The quantitative estimate of drug-likeness (QED) is 0.422.